The fraction of sp³-hybridized carbons (Fsp3) is 0.900. The second-order valence-corrected chi connectivity index (χ2v) is 4.24. The highest BCUT2D eigenvalue weighted by molar-refractivity contribution is 6.19. The molecule has 1 saturated heterocycles. The van der Waals surface area contributed by atoms with Crippen LogP contribution in [0, 0.1) is 5.92 Å². The summed E-state index contributed by atoms with van der Waals surface area (Å²) in [4.78, 5) is 13.8. The van der Waals surface area contributed by atoms with Crippen LogP contribution >= 0.6 is 11.6 Å². The van der Waals surface area contributed by atoms with Crippen LogP contribution in [0.25, 0.3) is 0 Å². The Morgan fingerprint density at radius 3 is 2.85 bits per heavy atom. The summed E-state index contributed by atoms with van der Waals surface area (Å²) in [6.07, 6.45) is 3.53. The normalized spacial score (nSPS) is 25.8. The number of alkyl halides is 1. The first-order chi connectivity index (χ1) is 6.16. The summed E-state index contributed by atoms with van der Waals surface area (Å²) in [5.74, 6) is 0.631. The van der Waals surface area contributed by atoms with Crippen molar-refractivity contribution in [3.63, 3.8) is 0 Å². The van der Waals surface area contributed by atoms with Gasteiger partial charge in [0.1, 0.15) is 0 Å². The van der Waals surface area contributed by atoms with Crippen LogP contribution in [-0.4, -0.2) is 29.3 Å². The predicted molar refractivity (Wildman–Crippen MR) is 54.9 cm³/mol. The van der Waals surface area contributed by atoms with E-state index in [1.54, 1.807) is 0 Å². The monoisotopic (exact) mass is 203 g/mol. The number of nitrogens with zero attached hydrogens (tertiary/aromatic N) is 1. The van der Waals surface area contributed by atoms with Crippen LogP contribution in [0.1, 0.15) is 33.1 Å². The minimum atomic E-state index is -0.0257. The fourth-order valence-corrected chi connectivity index (χ4v) is 1.91. The molecule has 2 atom stereocenters. The van der Waals surface area contributed by atoms with Gasteiger partial charge in [0.15, 0.2) is 0 Å². The van der Waals surface area contributed by atoms with Crippen LogP contribution < -0.4 is 0 Å². The fourth-order valence-electron chi connectivity index (χ4n) is 1.77. The van der Waals surface area contributed by atoms with E-state index in [0.717, 1.165) is 19.4 Å². The quantitative estimate of drug-likeness (QED) is 0.631. The van der Waals surface area contributed by atoms with Gasteiger partial charge in [-0.25, -0.2) is 0 Å². The summed E-state index contributed by atoms with van der Waals surface area (Å²) < 4.78 is 0. The Hall–Kier alpha value is -0.240. The van der Waals surface area contributed by atoms with Gasteiger partial charge in [0.25, 0.3) is 0 Å². The summed E-state index contributed by atoms with van der Waals surface area (Å²) in [7, 11) is 0. The van der Waals surface area contributed by atoms with Crippen LogP contribution in [0.5, 0.6) is 0 Å². The molecule has 0 N–H and O–H groups in total. The zero-order valence-electron chi connectivity index (χ0n) is 8.42. The van der Waals surface area contributed by atoms with Crippen molar-refractivity contribution in [2.75, 3.05) is 12.4 Å². The van der Waals surface area contributed by atoms with Crippen molar-refractivity contribution in [3.8, 4) is 0 Å². The number of carbonyl (C=O) groups is 1. The molecule has 76 valence electrons. The number of amides is 1. The van der Waals surface area contributed by atoms with Crippen LogP contribution in [0.15, 0.2) is 0 Å². The molecule has 1 amide bonds. The average molecular weight is 204 g/mol. The van der Waals surface area contributed by atoms with Crippen LogP contribution in [-0.2, 0) is 4.79 Å². The van der Waals surface area contributed by atoms with Crippen molar-refractivity contribution in [2.24, 2.45) is 5.92 Å². The zero-order chi connectivity index (χ0) is 9.84. The maximum absolute atomic E-state index is 11.8. The minimum absolute atomic E-state index is 0.0257. The van der Waals surface area contributed by atoms with Crippen molar-refractivity contribution in [1.82, 2.24) is 4.90 Å². The number of hydrogen-bond donors (Lipinski definition) is 0. The molecule has 13 heavy (non-hydrogen) atoms. The van der Waals surface area contributed by atoms with Crippen molar-refractivity contribution in [1.29, 1.82) is 0 Å². The summed E-state index contributed by atoms with van der Waals surface area (Å²) in [5.41, 5.74) is 0. The van der Waals surface area contributed by atoms with Gasteiger partial charge in [0.2, 0.25) is 5.91 Å². The first-order valence-corrected chi connectivity index (χ1v) is 5.56. The maximum Gasteiger partial charge on any atom is 0.226 e. The molecule has 1 fully saturated rings. The van der Waals surface area contributed by atoms with Gasteiger partial charge in [-0.1, -0.05) is 6.92 Å². The molecule has 0 bridgehead atoms. The lowest BCUT2D eigenvalue weighted by Crippen LogP contribution is -2.44. The standard InChI is InChI=1S/C10H18ClNO/c1-8(7-11)10(13)12-6-4-3-5-9(12)2/h8-9H,3-7H2,1-2H3. The van der Waals surface area contributed by atoms with E-state index in [2.05, 4.69) is 6.92 Å². The van der Waals surface area contributed by atoms with E-state index in [1.165, 1.54) is 6.42 Å². The maximum atomic E-state index is 11.8. The van der Waals surface area contributed by atoms with Crippen molar-refractivity contribution in [2.45, 2.75) is 39.2 Å². The van der Waals surface area contributed by atoms with Gasteiger partial charge in [-0.2, -0.15) is 0 Å². The third-order valence-electron chi connectivity index (χ3n) is 2.74. The number of likely N-dealkylation sites (tertiary alicyclic amines) is 1. The first kappa shape index (κ1) is 10.8. The Balaban J connectivity index is 2.53. The van der Waals surface area contributed by atoms with E-state index in [4.69, 9.17) is 11.6 Å². The van der Waals surface area contributed by atoms with E-state index in [9.17, 15) is 4.79 Å². The molecule has 0 aromatic carbocycles. The molecule has 0 aromatic heterocycles. The molecule has 0 aromatic rings. The smallest absolute Gasteiger partial charge is 0.226 e. The van der Waals surface area contributed by atoms with Crippen LogP contribution in [0.3, 0.4) is 0 Å². The molecule has 0 saturated carbocycles. The van der Waals surface area contributed by atoms with Crippen molar-refractivity contribution < 1.29 is 4.79 Å². The molecule has 1 rings (SSSR count). The molecule has 3 heteroatoms. The molecule has 2 nitrogen and oxygen atoms in total. The summed E-state index contributed by atoms with van der Waals surface area (Å²) in [5, 5.41) is 0. The number of carbonyl (C=O) groups excluding carboxylic acids is 1. The third-order valence-corrected chi connectivity index (χ3v) is 3.20. The van der Waals surface area contributed by atoms with E-state index >= 15 is 0 Å². The zero-order valence-corrected chi connectivity index (χ0v) is 9.18. The van der Waals surface area contributed by atoms with Crippen molar-refractivity contribution >= 4 is 17.5 Å². The van der Waals surface area contributed by atoms with Crippen molar-refractivity contribution in [3.05, 3.63) is 0 Å². The van der Waals surface area contributed by atoms with E-state index in [1.807, 2.05) is 11.8 Å². The Labute approximate surface area is 85.2 Å². The van der Waals surface area contributed by atoms with Gasteiger partial charge in [0, 0.05) is 24.4 Å². The third kappa shape index (κ3) is 2.60. The van der Waals surface area contributed by atoms with Crippen LogP contribution in [0.2, 0.25) is 0 Å². The predicted octanol–water partition coefficient (Wildman–Crippen LogP) is 2.26. The van der Waals surface area contributed by atoms with Gasteiger partial charge in [-0.05, 0) is 26.2 Å². The number of halogens is 1. The molecule has 2 unspecified atom stereocenters. The lowest BCUT2D eigenvalue weighted by atomic mass is 10.0. The highest BCUT2D eigenvalue weighted by Crippen LogP contribution is 2.19. The van der Waals surface area contributed by atoms with Gasteiger partial charge < -0.3 is 4.90 Å². The molecule has 1 heterocycles. The second kappa shape index (κ2) is 4.85. The molecule has 0 spiro atoms. The summed E-state index contributed by atoms with van der Waals surface area (Å²) in [6.45, 7) is 4.94. The molecule has 0 radical (unpaired) electrons. The van der Waals surface area contributed by atoms with Gasteiger partial charge in [-0.15, -0.1) is 11.6 Å². The molecular formula is C10H18ClNO. The number of piperidine rings is 1. The van der Waals surface area contributed by atoms with Gasteiger partial charge >= 0.3 is 0 Å². The molecule has 1 aliphatic heterocycles. The Morgan fingerprint density at radius 2 is 2.31 bits per heavy atom. The molecular weight excluding hydrogens is 186 g/mol. The lowest BCUT2D eigenvalue weighted by Gasteiger charge is -2.34. The first-order valence-electron chi connectivity index (χ1n) is 5.03. The Morgan fingerprint density at radius 1 is 1.62 bits per heavy atom. The SMILES string of the molecule is CC(CCl)C(=O)N1CCCCC1C. The molecule has 1 aliphatic rings. The minimum Gasteiger partial charge on any atom is -0.340 e. The van der Waals surface area contributed by atoms with E-state index in [0.29, 0.717) is 11.9 Å². The highest BCUT2D eigenvalue weighted by atomic mass is 35.5. The largest absolute Gasteiger partial charge is 0.340 e. The number of rotatable bonds is 2. The topological polar surface area (TPSA) is 20.3 Å². The van der Waals surface area contributed by atoms with Gasteiger partial charge in [0.05, 0.1) is 0 Å². The molecule has 0 aliphatic carbocycles. The second-order valence-electron chi connectivity index (χ2n) is 3.93. The van der Waals surface area contributed by atoms with E-state index in [-0.39, 0.29) is 11.8 Å². The Kier molecular flexibility index (Phi) is 4.04. The summed E-state index contributed by atoms with van der Waals surface area (Å²) in [6, 6.07) is 0.409. The van der Waals surface area contributed by atoms with E-state index < -0.39 is 0 Å². The average Bonchev–Trinajstić information content (AvgIpc) is 2.16. The van der Waals surface area contributed by atoms with Gasteiger partial charge in [-0.3, -0.25) is 4.79 Å². The summed E-state index contributed by atoms with van der Waals surface area (Å²) >= 11 is 5.67. The Bertz CT molecular complexity index is 184. The highest BCUT2D eigenvalue weighted by Gasteiger charge is 2.26. The number of hydrogen-bond acceptors (Lipinski definition) is 1. The lowest BCUT2D eigenvalue weighted by molar-refractivity contribution is -0.137. The van der Waals surface area contributed by atoms with Crippen LogP contribution in [0.4, 0.5) is 0 Å².